The molecule has 3 nitrogen and oxygen atoms in total. The molecule has 1 aromatic heterocycles. The average Bonchev–Trinajstić information content (AvgIpc) is 3.74. The third-order valence-corrected chi connectivity index (χ3v) is 14.1. The van der Waals surface area contributed by atoms with Crippen molar-refractivity contribution >= 4 is 21.5 Å². The molecule has 0 N–H and O–H groups in total. The van der Waals surface area contributed by atoms with Crippen LogP contribution in [0.1, 0.15) is 22.3 Å². The molecule has 0 radical (unpaired) electrons. The van der Waals surface area contributed by atoms with Gasteiger partial charge in [0, 0.05) is 16.7 Å². The van der Waals surface area contributed by atoms with E-state index in [2.05, 4.69) is 255 Å². The number of hydrogen-bond acceptors (Lipinski definition) is 3. The van der Waals surface area contributed by atoms with Crippen molar-refractivity contribution in [2.45, 2.75) is 5.41 Å². The zero-order chi connectivity index (χ0) is 45.7. The Morgan fingerprint density at radius 1 is 0.232 bits per heavy atom. The van der Waals surface area contributed by atoms with Crippen LogP contribution in [0.25, 0.3) is 100 Å². The summed E-state index contributed by atoms with van der Waals surface area (Å²) in [5.41, 5.74) is 16.7. The average molecular weight is 878 g/mol. The van der Waals surface area contributed by atoms with Crippen LogP contribution in [0.2, 0.25) is 0 Å². The summed E-state index contributed by atoms with van der Waals surface area (Å²) in [6.45, 7) is 0. The highest BCUT2D eigenvalue weighted by atomic mass is 15.0. The van der Waals surface area contributed by atoms with Crippen LogP contribution < -0.4 is 0 Å². The minimum Gasteiger partial charge on any atom is -0.208 e. The van der Waals surface area contributed by atoms with E-state index in [0.717, 1.165) is 66.1 Å². The number of fused-ring (bicyclic) bond motifs is 5. The van der Waals surface area contributed by atoms with Gasteiger partial charge in [0.25, 0.3) is 0 Å². The summed E-state index contributed by atoms with van der Waals surface area (Å²) in [7, 11) is 0. The van der Waals surface area contributed by atoms with Crippen molar-refractivity contribution in [3.05, 3.63) is 283 Å². The molecule has 0 bridgehead atoms. The molecular formula is C66H43N3. The lowest BCUT2D eigenvalue weighted by Gasteiger charge is -2.34. The molecule has 322 valence electrons. The second kappa shape index (κ2) is 16.7. The number of rotatable bonds is 8. The van der Waals surface area contributed by atoms with E-state index in [1.807, 2.05) is 6.07 Å². The molecule has 0 spiro atoms. The fraction of sp³-hybridized carbons (Fsp3) is 0.0152. The summed E-state index contributed by atoms with van der Waals surface area (Å²) in [5.74, 6) is 1.86. The third-order valence-electron chi connectivity index (χ3n) is 14.1. The lowest BCUT2D eigenvalue weighted by molar-refractivity contribution is 0.768. The summed E-state index contributed by atoms with van der Waals surface area (Å²) in [6.07, 6.45) is 0. The van der Waals surface area contributed by atoms with E-state index >= 15 is 0 Å². The molecule has 0 saturated carbocycles. The van der Waals surface area contributed by atoms with E-state index in [9.17, 15) is 0 Å². The standard InChI is InChI=1S/C66H43N3/c1-5-20-44(21-6-1)45-36-38-48(39-37-45)63-67-64(69-65(68-63)62-51-29-14-13-24-47(51)40-41-52(62)46-22-7-2-8-23-46)57-43-42-55(53-30-15-16-31-54(53)57)56-33-19-35-60-61(56)58-32-17-18-34-59(58)66(60,49-25-9-3-10-26-49)50-27-11-4-12-28-50/h1-43H. The van der Waals surface area contributed by atoms with Gasteiger partial charge in [0.15, 0.2) is 17.5 Å². The Balaban J connectivity index is 1.04. The fourth-order valence-electron chi connectivity index (χ4n) is 11.0. The Bertz CT molecular complexity index is 3830. The first-order valence-electron chi connectivity index (χ1n) is 23.6. The maximum Gasteiger partial charge on any atom is 0.165 e. The van der Waals surface area contributed by atoms with E-state index in [-0.39, 0.29) is 0 Å². The van der Waals surface area contributed by atoms with Crippen LogP contribution in [0, 0.1) is 0 Å². The minimum absolute atomic E-state index is 0.503. The van der Waals surface area contributed by atoms with Crippen molar-refractivity contribution in [2.75, 3.05) is 0 Å². The summed E-state index contributed by atoms with van der Waals surface area (Å²) in [4.78, 5) is 16.3. The number of benzene rings is 11. The normalized spacial score (nSPS) is 12.5. The van der Waals surface area contributed by atoms with Gasteiger partial charge in [-0.3, -0.25) is 0 Å². The van der Waals surface area contributed by atoms with Crippen molar-refractivity contribution in [3.8, 4) is 78.7 Å². The monoisotopic (exact) mass is 877 g/mol. The van der Waals surface area contributed by atoms with Crippen LogP contribution in [0.4, 0.5) is 0 Å². The second-order valence-electron chi connectivity index (χ2n) is 17.8. The lowest BCUT2D eigenvalue weighted by atomic mass is 9.67. The van der Waals surface area contributed by atoms with Gasteiger partial charge in [-0.2, -0.15) is 0 Å². The summed E-state index contributed by atoms with van der Waals surface area (Å²) >= 11 is 0. The first-order chi connectivity index (χ1) is 34.2. The SMILES string of the molecule is c1ccc(-c2ccc(-c3nc(-c4c(-c5ccccc5)ccc5ccccc45)nc(-c4ccc(-c5cccc6c5-c5ccccc5C6(c5ccccc5)c5ccccc5)c5ccccc45)n3)cc2)cc1. The molecule has 1 heterocycles. The number of hydrogen-bond donors (Lipinski definition) is 0. The molecule has 13 rings (SSSR count). The molecule has 0 atom stereocenters. The highest BCUT2D eigenvalue weighted by Crippen LogP contribution is 2.58. The molecular weight excluding hydrogens is 835 g/mol. The maximum atomic E-state index is 5.50. The minimum atomic E-state index is -0.503. The predicted octanol–water partition coefficient (Wildman–Crippen LogP) is 16.5. The van der Waals surface area contributed by atoms with Gasteiger partial charge < -0.3 is 0 Å². The molecule has 3 heteroatoms. The van der Waals surface area contributed by atoms with Crippen molar-refractivity contribution in [2.24, 2.45) is 0 Å². The second-order valence-corrected chi connectivity index (χ2v) is 17.8. The third kappa shape index (κ3) is 6.62. The molecule has 1 aliphatic rings. The highest BCUT2D eigenvalue weighted by molar-refractivity contribution is 6.09. The molecule has 0 unspecified atom stereocenters. The Hall–Kier alpha value is -9.05. The van der Waals surface area contributed by atoms with Crippen LogP contribution >= 0.6 is 0 Å². The Kier molecular flexibility index (Phi) is 9.73. The van der Waals surface area contributed by atoms with Crippen LogP contribution in [0.15, 0.2) is 261 Å². The van der Waals surface area contributed by atoms with Crippen LogP contribution in [0.3, 0.4) is 0 Å². The van der Waals surface area contributed by atoms with Gasteiger partial charge in [-0.25, -0.2) is 15.0 Å². The number of aromatic nitrogens is 3. The maximum absolute atomic E-state index is 5.50. The van der Waals surface area contributed by atoms with Gasteiger partial charge in [0.2, 0.25) is 0 Å². The quantitative estimate of drug-likeness (QED) is 0.153. The van der Waals surface area contributed by atoms with Crippen LogP contribution in [-0.4, -0.2) is 15.0 Å². The largest absolute Gasteiger partial charge is 0.208 e. The fourth-order valence-corrected chi connectivity index (χ4v) is 11.0. The van der Waals surface area contributed by atoms with Gasteiger partial charge in [-0.05, 0) is 94.4 Å². The topological polar surface area (TPSA) is 38.7 Å². The van der Waals surface area contributed by atoms with Gasteiger partial charge in [-0.15, -0.1) is 0 Å². The van der Waals surface area contributed by atoms with Crippen molar-refractivity contribution < 1.29 is 0 Å². The summed E-state index contributed by atoms with van der Waals surface area (Å²) in [5, 5.41) is 4.41. The van der Waals surface area contributed by atoms with Crippen LogP contribution in [0.5, 0.6) is 0 Å². The zero-order valence-corrected chi connectivity index (χ0v) is 37.7. The molecule has 0 aliphatic heterocycles. The number of nitrogens with zero attached hydrogens (tertiary/aromatic N) is 3. The molecule has 11 aromatic carbocycles. The van der Waals surface area contributed by atoms with Gasteiger partial charge in [-0.1, -0.05) is 255 Å². The van der Waals surface area contributed by atoms with Gasteiger partial charge in [0.1, 0.15) is 0 Å². The van der Waals surface area contributed by atoms with Crippen molar-refractivity contribution in [1.29, 1.82) is 0 Å². The summed E-state index contributed by atoms with van der Waals surface area (Å²) in [6, 6.07) is 93.7. The molecule has 0 amide bonds. The van der Waals surface area contributed by atoms with Crippen LogP contribution in [-0.2, 0) is 5.41 Å². The van der Waals surface area contributed by atoms with Crippen molar-refractivity contribution in [1.82, 2.24) is 15.0 Å². The lowest BCUT2D eigenvalue weighted by Crippen LogP contribution is -2.28. The molecule has 69 heavy (non-hydrogen) atoms. The summed E-state index contributed by atoms with van der Waals surface area (Å²) < 4.78 is 0. The molecule has 0 fully saturated rings. The Morgan fingerprint density at radius 2 is 0.710 bits per heavy atom. The smallest absolute Gasteiger partial charge is 0.165 e. The predicted molar refractivity (Wildman–Crippen MR) is 285 cm³/mol. The highest BCUT2D eigenvalue weighted by Gasteiger charge is 2.46. The molecule has 1 aliphatic carbocycles. The van der Waals surface area contributed by atoms with E-state index in [4.69, 9.17) is 15.0 Å². The van der Waals surface area contributed by atoms with E-state index in [0.29, 0.717) is 17.5 Å². The zero-order valence-electron chi connectivity index (χ0n) is 37.7. The van der Waals surface area contributed by atoms with Gasteiger partial charge in [0.05, 0.1) is 5.41 Å². The van der Waals surface area contributed by atoms with E-state index < -0.39 is 5.41 Å². The molecule has 0 saturated heterocycles. The van der Waals surface area contributed by atoms with E-state index in [1.165, 1.54) is 38.9 Å². The van der Waals surface area contributed by atoms with Gasteiger partial charge >= 0.3 is 0 Å². The first kappa shape index (κ1) is 40.2. The molecule has 12 aromatic rings. The van der Waals surface area contributed by atoms with Crippen molar-refractivity contribution in [3.63, 3.8) is 0 Å². The Morgan fingerprint density at radius 3 is 1.42 bits per heavy atom. The van der Waals surface area contributed by atoms with E-state index in [1.54, 1.807) is 0 Å². The Labute approximate surface area is 401 Å². The first-order valence-corrected chi connectivity index (χ1v) is 23.6.